The number of hydrogen-bond acceptors (Lipinski definition) is 1. The predicted octanol–water partition coefficient (Wildman–Crippen LogP) is 10.9. The van der Waals surface area contributed by atoms with Crippen LogP contribution in [0.2, 0.25) is 13.1 Å². The summed E-state index contributed by atoms with van der Waals surface area (Å²) in [4.78, 5) is 2.58. The van der Waals surface area contributed by atoms with Crippen molar-refractivity contribution in [2.75, 3.05) is 4.90 Å². The minimum Gasteiger partial charge on any atom is -0.309 e. The monoisotopic (exact) mass is 607 g/mol. The van der Waals surface area contributed by atoms with Crippen molar-refractivity contribution < 1.29 is 0 Å². The molecule has 0 amide bonds. The van der Waals surface area contributed by atoms with Crippen LogP contribution >= 0.6 is 0 Å². The van der Waals surface area contributed by atoms with Crippen LogP contribution in [0.15, 0.2) is 133 Å². The lowest BCUT2D eigenvalue weighted by molar-refractivity contribution is 0.660. The number of fused-ring (bicyclic) bond motifs is 7. The molecule has 1 nitrogen and oxygen atoms in total. The topological polar surface area (TPSA) is 3.24 Å². The Labute approximate surface area is 272 Å². The van der Waals surface area contributed by atoms with Gasteiger partial charge in [0, 0.05) is 27.6 Å². The number of aryl methyl sites for hydroxylation is 1. The molecular formula is C44H37NSi. The molecule has 1 aliphatic carbocycles. The Bertz CT molecular complexity index is 2350. The van der Waals surface area contributed by atoms with Gasteiger partial charge in [0.15, 0.2) is 0 Å². The van der Waals surface area contributed by atoms with Gasteiger partial charge in [0.05, 0.1) is 5.69 Å². The lowest BCUT2D eigenvalue weighted by Gasteiger charge is -2.42. The van der Waals surface area contributed by atoms with Crippen LogP contribution in [-0.4, -0.2) is 8.07 Å². The normalized spacial score (nSPS) is 15.4. The van der Waals surface area contributed by atoms with Gasteiger partial charge in [0.2, 0.25) is 0 Å². The molecule has 0 bridgehead atoms. The predicted molar refractivity (Wildman–Crippen MR) is 201 cm³/mol. The van der Waals surface area contributed by atoms with Gasteiger partial charge in [-0.2, -0.15) is 0 Å². The third-order valence-corrected chi connectivity index (χ3v) is 14.4. The second-order valence-electron chi connectivity index (χ2n) is 14.2. The first kappa shape index (κ1) is 27.4. The summed E-state index contributed by atoms with van der Waals surface area (Å²) in [5.41, 5.74) is 13.3. The van der Waals surface area contributed by atoms with E-state index in [0.717, 1.165) is 0 Å². The Balaban J connectivity index is 1.45. The first-order valence-electron chi connectivity index (χ1n) is 16.5. The summed E-state index contributed by atoms with van der Waals surface area (Å²) in [5, 5.41) is 8.14. The van der Waals surface area contributed by atoms with Crippen molar-refractivity contribution in [3.8, 4) is 22.3 Å². The first-order valence-corrected chi connectivity index (χ1v) is 19.5. The number of anilines is 3. The summed E-state index contributed by atoms with van der Waals surface area (Å²) in [6.07, 6.45) is 0. The molecule has 0 N–H and O–H groups in total. The van der Waals surface area contributed by atoms with Gasteiger partial charge in [-0.15, -0.1) is 0 Å². The lowest BCUT2D eigenvalue weighted by atomic mass is 9.81. The van der Waals surface area contributed by atoms with E-state index in [4.69, 9.17) is 0 Å². The summed E-state index contributed by atoms with van der Waals surface area (Å²) < 4.78 is 0. The molecule has 0 saturated heterocycles. The average molecular weight is 608 g/mol. The molecule has 0 spiro atoms. The highest BCUT2D eigenvalue weighted by atomic mass is 28.3. The van der Waals surface area contributed by atoms with Crippen LogP contribution in [-0.2, 0) is 5.41 Å². The zero-order valence-electron chi connectivity index (χ0n) is 27.1. The fraction of sp³-hybridized carbons (Fsp3) is 0.136. The van der Waals surface area contributed by atoms with Crippen molar-refractivity contribution in [2.24, 2.45) is 0 Å². The molecule has 0 saturated carbocycles. The van der Waals surface area contributed by atoms with Crippen LogP contribution in [0.4, 0.5) is 17.1 Å². The van der Waals surface area contributed by atoms with Crippen LogP contribution in [0.25, 0.3) is 43.8 Å². The summed E-state index contributed by atoms with van der Waals surface area (Å²) in [5.74, 6) is 0. The van der Waals surface area contributed by atoms with E-state index in [-0.39, 0.29) is 5.41 Å². The maximum Gasteiger partial charge on any atom is 0.117 e. The number of benzene rings is 7. The fourth-order valence-electron chi connectivity index (χ4n) is 8.67. The van der Waals surface area contributed by atoms with E-state index in [9.17, 15) is 0 Å². The van der Waals surface area contributed by atoms with Crippen molar-refractivity contribution in [3.63, 3.8) is 0 Å². The van der Waals surface area contributed by atoms with Gasteiger partial charge in [0.1, 0.15) is 8.07 Å². The van der Waals surface area contributed by atoms with E-state index in [1.54, 1.807) is 0 Å². The number of nitrogens with zero attached hydrogens (tertiary/aromatic N) is 1. The first-order chi connectivity index (χ1) is 22.3. The van der Waals surface area contributed by atoms with Crippen LogP contribution in [0, 0.1) is 6.92 Å². The average Bonchev–Trinajstić information content (AvgIpc) is 3.31. The van der Waals surface area contributed by atoms with Gasteiger partial charge in [-0.1, -0.05) is 154 Å². The third kappa shape index (κ3) is 3.56. The fourth-order valence-corrected chi connectivity index (χ4v) is 11.7. The summed E-state index contributed by atoms with van der Waals surface area (Å²) in [7, 11) is -1.91. The molecule has 2 aliphatic rings. The Hall–Kier alpha value is -4.92. The molecule has 1 heterocycles. The lowest BCUT2D eigenvalue weighted by Crippen LogP contribution is -2.58. The van der Waals surface area contributed by atoms with Crippen molar-refractivity contribution in [3.05, 3.63) is 150 Å². The molecule has 2 heteroatoms. The highest BCUT2D eigenvalue weighted by molar-refractivity contribution is 7.02. The quantitative estimate of drug-likeness (QED) is 0.140. The minimum atomic E-state index is -1.91. The standard InChI is InChI=1S/C44H37NSi/c1-28-25-26-31-34(27-28)41(33-18-14-20-36-42(33)32-17-8-9-19-35(32)44(36,2)3)29-15-6-7-16-30(29)43(31)45-37-21-10-12-23-39(37)46(4,5)40-24-13-11-22-38(40)45/h6-27H,1-5H3. The van der Waals surface area contributed by atoms with Crippen molar-refractivity contribution in [2.45, 2.75) is 39.3 Å². The van der Waals surface area contributed by atoms with Crippen LogP contribution in [0.5, 0.6) is 0 Å². The molecule has 0 fully saturated rings. The molecule has 9 rings (SSSR count). The summed E-state index contributed by atoms with van der Waals surface area (Å²) >= 11 is 0. The molecule has 7 aromatic carbocycles. The molecule has 222 valence electrons. The highest BCUT2D eigenvalue weighted by Gasteiger charge is 2.40. The Morgan fingerprint density at radius 3 is 1.80 bits per heavy atom. The van der Waals surface area contributed by atoms with Crippen molar-refractivity contribution >= 4 is 57.1 Å². The number of rotatable bonds is 2. The van der Waals surface area contributed by atoms with Gasteiger partial charge in [-0.25, -0.2) is 0 Å². The van der Waals surface area contributed by atoms with Gasteiger partial charge in [0.25, 0.3) is 0 Å². The molecule has 46 heavy (non-hydrogen) atoms. The highest BCUT2D eigenvalue weighted by Crippen LogP contribution is 2.55. The second kappa shape index (κ2) is 9.54. The third-order valence-electron chi connectivity index (χ3n) is 10.9. The van der Waals surface area contributed by atoms with Crippen LogP contribution < -0.4 is 15.3 Å². The van der Waals surface area contributed by atoms with Crippen molar-refractivity contribution in [1.82, 2.24) is 0 Å². The molecule has 0 unspecified atom stereocenters. The van der Waals surface area contributed by atoms with Crippen LogP contribution in [0.3, 0.4) is 0 Å². The van der Waals surface area contributed by atoms with E-state index < -0.39 is 8.07 Å². The Morgan fingerprint density at radius 2 is 1.07 bits per heavy atom. The zero-order chi connectivity index (χ0) is 31.4. The molecular weight excluding hydrogens is 571 g/mol. The Morgan fingerprint density at radius 1 is 0.500 bits per heavy atom. The Kier molecular flexibility index (Phi) is 5.68. The van der Waals surface area contributed by atoms with Gasteiger partial charge < -0.3 is 4.90 Å². The summed E-state index contributed by atoms with van der Waals surface area (Å²) in [6.45, 7) is 12.0. The van der Waals surface area contributed by atoms with Gasteiger partial charge in [-0.05, 0) is 73.6 Å². The molecule has 0 atom stereocenters. The van der Waals surface area contributed by atoms with E-state index >= 15 is 0 Å². The van der Waals surface area contributed by atoms with E-state index in [2.05, 4.69) is 172 Å². The second-order valence-corrected chi connectivity index (χ2v) is 18.5. The maximum atomic E-state index is 2.58. The molecule has 0 aromatic heterocycles. The zero-order valence-corrected chi connectivity index (χ0v) is 28.1. The van der Waals surface area contributed by atoms with E-state index in [1.807, 2.05) is 0 Å². The molecule has 7 aromatic rings. The van der Waals surface area contributed by atoms with Gasteiger partial charge in [-0.3, -0.25) is 0 Å². The number of para-hydroxylation sites is 2. The largest absolute Gasteiger partial charge is 0.309 e. The molecule has 0 radical (unpaired) electrons. The van der Waals surface area contributed by atoms with Gasteiger partial charge >= 0.3 is 0 Å². The van der Waals surface area contributed by atoms with Crippen LogP contribution in [0.1, 0.15) is 30.5 Å². The summed E-state index contributed by atoms with van der Waals surface area (Å²) in [6, 6.07) is 50.5. The van der Waals surface area contributed by atoms with Crippen molar-refractivity contribution in [1.29, 1.82) is 0 Å². The number of hydrogen-bond donors (Lipinski definition) is 0. The smallest absolute Gasteiger partial charge is 0.117 e. The van der Waals surface area contributed by atoms with E-state index in [0.29, 0.717) is 0 Å². The minimum absolute atomic E-state index is 0.0543. The van der Waals surface area contributed by atoms with E-state index in [1.165, 1.54) is 87.9 Å². The molecule has 1 aliphatic heterocycles. The maximum absolute atomic E-state index is 2.58. The SMILES string of the molecule is Cc1ccc2c(N3c4ccccc4[Si](C)(C)c4ccccc43)c3ccccc3c(-c3cccc4c3-c3ccccc3C4(C)C)c2c1.